The number of aliphatic imine (C=N–C) groups is 1. The fourth-order valence-corrected chi connectivity index (χ4v) is 1.78. The highest BCUT2D eigenvalue weighted by atomic mass is 35.5. The fourth-order valence-electron chi connectivity index (χ4n) is 1.31. The van der Waals surface area contributed by atoms with E-state index in [2.05, 4.69) is 36.3 Å². The second-order valence-corrected chi connectivity index (χ2v) is 4.62. The predicted molar refractivity (Wildman–Crippen MR) is 87.7 cm³/mol. The number of amidine groups is 1. The summed E-state index contributed by atoms with van der Waals surface area (Å²) in [5.74, 6) is 0.951. The van der Waals surface area contributed by atoms with Crippen LogP contribution in [0.4, 0.5) is 5.69 Å². The third-order valence-corrected chi connectivity index (χ3v) is 2.70. The quantitative estimate of drug-likeness (QED) is 0.648. The Morgan fingerprint density at radius 1 is 1.33 bits per heavy atom. The normalized spacial score (nSPS) is 10.4. The van der Waals surface area contributed by atoms with Gasteiger partial charge < -0.3 is 11.1 Å². The van der Waals surface area contributed by atoms with Crippen molar-refractivity contribution in [2.75, 3.05) is 12.3 Å². The molecule has 1 rings (SSSR count). The van der Waals surface area contributed by atoms with Gasteiger partial charge in [0, 0.05) is 6.54 Å². The molecule has 0 aliphatic heterocycles. The van der Waals surface area contributed by atoms with Crippen molar-refractivity contribution in [1.82, 2.24) is 5.32 Å². The van der Waals surface area contributed by atoms with Crippen LogP contribution in [0, 0.1) is 0 Å². The lowest BCUT2D eigenvalue weighted by molar-refractivity contribution is 0.727. The maximum atomic E-state index is 5.76. The molecule has 0 aromatic heterocycles. The number of nitrogens with one attached hydrogen (secondary N) is 1. The highest BCUT2D eigenvalue weighted by Gasteiger charge is 1.96. The van der Waals surface area contributed by atoms with E-state index in [0.29, 0.717) is 5.17 Å². The van der Waals surface area contributed by atoms with Gasteiger partial charge in [-0.2, -0.15) is 0 Å². The van der Waals surface area contributed by atoms with Crippen LogP contribution in [0.3, 0.4) is 0 Å². The van der Waals surface area contributed by atoms with Gasteiger partial charge in [0.15, 0.2) is 5.17 Å². The van der Waals surface area contributed by atoms with E-state index in [-0.39, 0.29) is 24.8 Å². The van der Waals surface area contributed by atoms with E-state index >= 15 is 0 Å². The van der Waals surface area contributed by atoms with Crippen molar-refractivity contribution < 1.29 is 0 Å². The second kappa shape index (κ2) is 11.7. The molecule has 104 valence electrons. The van der Waals surface area contributed by atoms with E-state index < -0.39 is 0 Å². The van der Waals surface area contributed by atoms with Crippen LogP contribution < -0.4 is 11.1 Å². The van der Waals surface area contributed by atoms with Crippen LogP contribution in [0.5, 0.6) is 0 Å². The van der Waals surface area contributed by atoms with Gasteiger partial charge in [-0.05, 0) is 30.0 Å². The van der Waals surface area contributed by atoms with Crippen LogP contribution in [-0.2, 0) is 6.54 Å². The van der Waals surface area contributed by atoms with Gasteiger partial charge in [0.05, 0.1) is 5.69 Å². The molecule has 3 N–H and O–H groups in total. The van der Waals surface area contributed by atoms with Crippen molar-refractivity contribution in [2.45, 2.75) is 20.4 Å². The maximum absolute atomic E-state index is 5.76. The molecule has 0 fully saturated rings. The third-order valence-electron chi connectivity index (χ3n) is 2.02. The van der Waals surface area contributed by atoms with Crippen LogP contribution in [0.1, 0.15) is 19.4 Å². The van der Waals surface area contributed by atoms with Crippen LogP contribution >= 0.6 is 36.6 Å². The second-order valence-electron chi connectivity index (χ2n) is 3.33. The highest BCUT2D eigenvalue weighted by Crippen LogP contribution is 2.15. The van der Waals surface area contributed by atoms with Gasteiger partial charge in [-0.15, -0.1) is 24.8 Å². The summed E-state index contributed by atoms with van der Waals surface area (Å²) in [5, 5.41) is 3.91. The molecule has 0 radical (unpaired) electrons. The van der Waals surface area contributed by atoms with E-state index in [1.807, 2.05) is 12.1 Å². The third kappa shape index (κ3) is 7.82. The zero-order chi connectivity index (χ0) is 11.8. The number of nitrogens with zero attached hydrogens (tertiary/aromatic N) is 1. The Bertz CT molecular complexity index is 359. The van der Waals surface area contributed by atoms with Gasteiger partial charge in [0.1, 0.15) is 0 Å². The Hall–Kier alpha value is -0.420. The highest BCUT2D eigenvalue weighted by molar-refractivity contribution is 8.13. The summed E-state index contributed by atoms with van der Waals surface area (Å²) in [6, 6.07) is 8.13. The molecule has 0 amide bonds. The number of nitrogens with two attached hydrogens (primary N) is 1. The molecule has 3 nitrogen and oxygen atoms in total. The largest absolute Gasteiger partial charge is 0.378 e. The molecule has 0 atom stereocenters. The number of benzene rings is 1. The molecule has 0 aliphatic carbocycles. The maximum Gasteiger partial charge on any atom is 0.159 e. The molecule has 18 heavy (non-hydrogen) atoms. The summed E-state index contributed by atoms with van der Waals surface area (Å²) >= 11 is 1.56. The summed E-state index contributed by atoms with van der Waals surface area (Å²) in [6.45, 7) is 6.01. The first kappa shape index (κ1) is 19.9. The molecule has 6 heteroatoms. The Kier molecular flexibility index (Phi) is 12.9. The lowest BCUT2D eigenvalue weighted by Crippen LogP contribution is -2.11. The molecular formula is C12H21Cl2N3S. The molecule has 0 spiro atoms. The van der Waals surface area contributed by atoms with Crippen molar-refractivity contribution in [1.29, 1.82) is 0 Å². The SMILES string of the molecule is CCNCc1cccc(N=C(N)SCC)c1.Cl.Cl. The van der Waals surface area contributed by atoms with Gasteiger partial charge in [0.25, 0.3) is 0 Å². The van der Waals surface area contributed by atoms with Crippen molar-refractivity contribution in [3.8, 4) is 0 Å². The van der Waals surface area contributed by atoms with Gasteiger partial charge in [-0.1, -0.05) is 37.7 Å². The van der Waals surface area contributed by atoms with Crippen LogP contribution in [0.25, 0.3) is 0 Å². The topological polar surface area (TPSA) is 50.4 Å². The molecule has 0 heterocycles. The average molecular weight is 310 g/mol. The van der Waals surface area contributed by atoms with E-state index in [9.17, 15) is 0 Å². The van der Waals surface area contributed by atoms with E-state index in [1.165, 1.54) is 5.56 Å². The number of halogens is 2. The number of thioether (sulfide) groups is 1. The molecule has 0 aliphatic rings. The molecule has 0 saturated carbocycles. The lowest BCUT2D eigenvalue weighted by Gasteiger charge is -2.03. The minimum absolute atomic E-state index is 0. The van der Waals surface area contributed by atoms with Crippen molar-refractivity contribution in [3.05, 3.63) is 29.8 Å². The first-order valence-corrected chi connectivity index (χ1v) is 6.51. The molecule has 1 aromatic carbocycles. The van der Waals surface area contributed by atoms with Crippen molar-refractivity contribution >= 4 is 47.4 Å². The monoisotopic (exact) mass is 309 g/mol. The zero-order valence-corrected chi connectivity index (χ0v) is 13.1. The van der Waals surface area contributed by atoms with Crippen LogP contribution in [0.15, 0.2) is 29.3 Å². The summed E-state index contributed by atoms with van der Waals surface area (Å²) in [6.07, 6.45) is 0. The Morgan fingerprint density at radius 2 is 2.06 bits per heavy atom. The van der Waals surface area contributed by atoms with E-state index in [4.69, 9.17) is 5.73 Å². The van der Waals surface area contributed by atoms with Crippen molar-refractivity contribution in [3.63, 3.8) is 0 Å². The fraction of sp³-hybridized carbons (Fsp3) is 0.417. The Labute approximate surface area is 126 Å². The van der Waals surface area contributed by atoms with E-state index in [1.54, 1.807) is 11.8 Å². The Morgan fingerprint density at radius 3 is 2.67 bits per heavy atom. The van der Waals surface area contributed by atoms with Gasteiger partial charge in [-0.3, -0.25) is 0 Å². The summed E-state index contributed by atoms with van der Waals surface area (Å²) < 4.78 is 0. The van der Waals surface area contributed by atoms with Gasteiger partial charge in [0.2, 0.25) is 0 Å². The smallest absolute Gasteiger partial charge is 0.159 e. The number of hydrogen-bond acceptors (Lipinski definition) is 3. The molecule has 0 saturated heterocycles. The lowest BCUT2D eigenvalue weighted by atomic mass is 10.2. The van der Waals surface area contributed by atoms with Crippen LogP contribution in [-0.4, -0.2) is 17.5 Å². The number of rotatable bonds is 5. The van der Waals surface area contributed by atoms with Crippen molar-refractivity contribution in [2.24, 2.45) is 10.7 Å². The van der Waals surface area contributed by atoms with Gasteiger partial charge >= 0.3 is 0 Å². The summed E-state index contributed by atoms with van der Waals surface area (Å²) in [7, 11) is 0. The summed E-state index contributed by atoms with van der Waals surface area (Å²) in [5.41, 5.74) is 7.92. The van der Waals surface area contributed by atoms with Crippen LogP contribution in [0.2, 0.25) is 0 Å². The summed E-state index contributed by atoms with van der Waals surface area (Å²) in [4.78, 5) is 4.35. The standard InChI is InChI=1S/C12H19N3S.2ClH/c1-3-14-9-10-6-5-7-11(8-10)15-12(13)16-4-2;;/h5-8,14H,3-4,9H2,1-2H3,(H2,13,15);2*1H. The first-order chi connectivity index (χ1) is 7.76. The minimum atomic E-state index is 0. The zero-order valence-electron chi connectivity index (χ0n) is 10.7. The Balaban J connectivity index is 0. The predicted octanol–water partition coefficient (Wildman–Crippen LogP) is 3.34. The van der Waals surface area contributed by atoms with Gasteiger partial charge in [-0.25, -0.2) is 4.99 Å². The number of hydrogen-bond donors (Lipinski definition) is 2. The molecular weight excluding hydrogens is 289 g/mol. The average Bonchev–Trinajstić information content (AvgIpc) is 2.27. The minimum Gasteiger partial charge on any atom is -0.378 e. The first-order valence-electron chi connectivity index (χ1n) is 5.52. The molecule has 1 aromatic rings. The molecule has 0 bridgehead atoms. The van der Waals surface area contributed by atoms with E-state index in [0.717, 1.165) is 24.5 Å². The molecule has 0 unspecified atom stereocenters.